The molecule has 6 nitrogen and oxygen atoms in total. The smallest absolute Gasteiger partial charge is 0.348 e. The van der Waals surface area contributed by atoms with E-state index in [-0.39, 0.29) is 11.9 Å². The van der Waals surface area contributed by atoms with Gasteiger partial charge in [-0.3, -0.25) is 4.79 Å². The van der Waals surface area contributed by atoms with Crippen LogP contribution in [0, 0.1) is 27.7 Å². The van der Waals surface area contributed by atoms with E-state index in [9.17, 15) is 9.59 Å². The van der Waals surface area contributed by atoms with Crippen molar-refractivity contribution in [2.75, 3.05) is 11.9 Å². The molecule has 0 saturated heterocycles. The summed E-state index contributed by atoms with van der Waals surface area (Å²) < 4.78 is 5.04. The number of ether oxygens (including phenoxy) is 1. The summed E-state index contributed by atoms with van der Waals surface area (Å²) in [5.74, 6) is 0.116. The maximum absolute atomic E-state index is 12.8. The minimum absolute atomic E-state index is 0.209. The van der Waals surface area contributed by atoms with Gasteiger partial charge >= 0.3 is 5.97 Å². The maximum atomic E-state index is 12.8. The highest BCUT2D eigenvalue weighted by Gasteiger charge is 2.21. The van der Waals surface area contributed by atoms with Gasteiger partial charge in [0.15, 0.2) is 0 Å². The molecule has 3 aromatic heterocycles. The standard InChI is InChI=1S/C18H19N3O3S2/c1-6-24-18(23)14-8(2)7-12(25-14)21-16(22)15-9(3)13-10(4)19-11(5)20-17(13)26-15/h7H,6H2,1-5H3,(H,21,22). The first-order valence-electron chi connectivity index (χ1n) is 8.15. The molecule has 1 N–H and O–H groups in total. The number of hydrogen-bond acceptors (Lipinski definition) is 7. The number of carbonyl (C=O) groups excluding carboxylic acids is 2. The molecule has 0 atom stereocenters. The van der Waals surface area contributed by atoms with Crippen LogP contribution in [0.2, 0.25) is 0 Å². The second kappa shape index (κ2) is 7.13. The Kier molecular flexibility index (Phi) is 5.06. The van der Waals surface area contributed by atoms with Crippen molar-refractivity contribution in [3.8, 4) is 0 Å². The van der Waals surface area contributed by atoms with E-state index < -0.39 is 0 Å². The van der Waals surface area contributed by atoms with Crippen molar-refractivity contribution in [1.82, 2.24) is 9.97 Å². The van der Waals surface area contributed by atoms with Crippen LogP contribution in [0.4, 0.5) is 5.00 Å². The van der Waals surface area contributed by atoms with E-state index in [2.05, 4.69) is 15.3 Å². The lowest BCUT2D eigenvalue weighted by Crippen LogP contribution is -2.10. The van der Waals surface area contributed by atoms with Gasteiger partial charge in [-0.15, -0.1) is 22.7 Å². The summed E-state index contributed by atoms with van der Waals surface area (Å²) in [5.41, 5.74) is 2.53. The molecular weight excluding hydrogens is 370 g/mol. The maximum Gasteiger partial charge on any atom is 0.348 e. The summed E-state index contributed by atoms with van der Waals surface area (Å²) in [6.45, 7) is 9.58. The topological polar surface area (TPSA) is 81.2 Å². The molecule has 0 bridgehead atoms. The molecule has 136 valence electrons. The summed E-state index contributed by atoms with van der Waals surface area (Å²) in [7, 11) is 0. The summed E-state index contributed by atoms with van der Waals surface area (Å²) >= 11 is 2.57. The van der Waals surface area contributed by atoms with Crippen molar-refractivity contribution in [3.05, 3.63) is 38.5 Å². The first-order chi connectivity index (χ1) is 12.3. The Labute approximate surface area is 159 Å². The zero-order chi connectivity index (χ0) is 19.0. The molecule has 3 rings (SSSR count). The third-order valence-corrected chi connectivity index (χ3v) is 6.22. The number of nitrogens with zero attached hydrogens (tertiary/aromatic N) is 2. The average Bonchev–Trinajstić information content (AvgIpc) is 3.07. The Morgan fingerprint density at radius 2 is 1.85 bits per heavy atom. The molecular formula is C18H19N3O3S2. The number of hydrogen-bond donors (Lipinski definition) is 1. The van der Waals surface area contributed by atoms with Gasteiger partial charge in [0, 0.05) is 11.1 Å². The van der Waals surface area contributed by atoms with E-state index in [0.717, 1.165) is 27.0 Å². The predicted molar refractivity (Wildman–Crippen MR) is 105 cm³/mol. The van der Waals surface area contributed by atoms with Crippen LogP contribution in [0.15, 0.2) is 6.07 Å². The fourth-order valence-corrected chi connectivity index (χ4v) is 4.94. The van der Waals surface area contributed by atoms with Gasteiger partial charge < -0.3 is 10.1 Å². The molecule has 26 heavy (non-hydrogen) atoms. The van der Waals surface area contributed by atoms with Gasteiger partial charge in [-0.1, -0.05) is 0 Å². The number of aryl methyl sites for hydroxylation is 4. The fourth-order valence-electron chi connectivity index (χ4n) is 2.80. The molecule has 0 saturated carbocycles. The molecule has 0 unspecified atom stereocenters. The number of esters is 1. The first-order valence-corrected chi connectivity index (χ1v) is 9.78. The molecule has 0 radical (unpaired) electrons. The molecule has 0 aliphatic rings. The van der Waals surface area contributed by atoms with Crippen LogP contribution in [-0.2, 0) is 4.74 Å². The first kappa shape index (κ1) is 18.5. The van der Waals surface area contributed by atoms with E-state index in [1.165, 1.54) is 22.7 Å². The highest BCUT2D eigenvalue weighted by atomic mass is 32.1. The Morgan fingerprint density at radius 3 is 2.54 bits per heavy atom. The number of fused-ring (bicyclic) bond motifs is 1. The Balaban J connectivity index is 1.91. The molecule has 0 aromatic carbocycles. The molecule has 0 fully saturated rings. The van der Waals surface area contributed by atoms with E-state index in [1.807, 2.05) is 27.7 Å². The van der Waals surface area contributed by atoms with Crippen molar-refractivity contribution in [2.45, 2.75) is 34.6 Å². The molecule has 8 heteroatoms. The minimum atomic E-state index is -0.366. The van der Waals surface area contributed by atoms with E-state index >= 15 is 0 Å². The molecule has 0 aliphatic carbocycles. The molecule has 3 heterocycles. The number of aromatic nitrogens is 2. The Hall–Kier alpha value is -2.32. The third-order valence-electron chi connectivity index (χ3n) is 3.90. The van der Waals surface area contributed by atoms with Crippen LogP contribution in [0.3, 0.4) is 0 Å². The third kappa shape index (κ3) is 3.34. The number of amides is 1. The number of anilines is 1. The van der Waals surface area contributed by atoms with Gasteiger partial charge in [-0.2, -0.15) is 0 Å². The molecule has 3 aromatic rings. The highest BCUT2D eigenvalue weighted by molar-refractivity contribution is 7.21. The van der Waals surface area contributed by atoms with E-state index in [4.69, 9.17) is 4.74 Å². The average molecular weight is 390 g/mol. The van der Waals surface area contributed by atoms with Gasteiger partial charge in [0.2, 0.25) is 0 Å². The lowest BCUT2D eigenvalue weighted by molar-refractivity contribution is 0.0531. The van der Waals surface area contributed by atoms with Gasteiger partial charge in [-0.05, 0) is 51.8 Å². The second-order valence-corrected chi connectivity index (χ2v) is 7.94. The number of rotatable bonds is 4. The van der Waals surface area contributed by atoms with E-state index in [1.54, 1.807) is 13.0 Å². The number of nitrogens with one attached hydrogen (secondary N) is 1. The number of thiophene rings is 2. The monoisotopic (exact) mass is 389 g/mol. The molecule has 0 spiro atoms. The summed E-state index contributed by atoms with van der Waals surface area (Å²) in [6.07, 6.45) is 0. The van der Waals surface area contributed by atoms with Gasteiger partial charge in [-0.25, -0.2) is 14.8 Å². The number of carbonyl (C=O) groups is 2. The van der Waals surface area contributed by atoms with Crippen molar-refractivity contribution >= 4 is 49.8 Å². The summed E-state index contributed by atoms with van der Waals surface area (Å²) in [6, 6.07) is 1.78. The predicted octanol–water partition coefficient (Wildman–Crippen LogP) is 4.42. The molecule has 1 amide bonds. The van der Waals surface area contributed by atoms with Crippen molar-refractivity contribution < 1.29 is 14.3 Å². The van der Waals surface area contributed by atoms with Crippen LogP contribution in [0.25, 0.3) is 10.2 Å². The minimum Gasteiger partial charge on any atom is -0.462 e. The lowest BCUT2D eigenvalue weighted by Gasteiger charge is -2.02. The second-order valence-electron chi connectivity index (χ2n) is 5.89. The van der Waals surface area contributed by atoms with Crippen LogP contribution < -0.4 is 5.32 Å². The fraction of sp³-hybridized carbons (Fsp3) is 0.333. The van der Waals surface area contributed by atoms with Crippen molar-refractivity contribution in [3.63, 3.8) is 0 Å². The van der Waals surface area contributed by atoms with Gasteiger partial charge in [0.1, 0.15) is 15.5 Å². The van der Waals surface area contributed by atoms with Gasteiger partial charge in [0.25, 0.3) is 5.91 Å². The van der Waals surface area contributed by atoms with E-state index in [0.29, 0.717) is 27.2 Å². The van der Waals surface area contributed by atoms with Crippen LogP contribution in [-0.4, -0.2) is 28.5 Å². The largest absolute Gasteiger partial charge is 0.462 e. The van der Waals surface area contributed by atoms with Gasteiger partial charge in [0.05, 0.1) is 16.5 Å². The highest BCUT2D eigenvalue weighted by Crippen LogP contribution is 2.33. The van der Waals surface area contributed by atoms with Crippen molar-refractivity contribution in [1.29, 1.82) is 0 Å². The lowest BCUT2D eigenvalue weighted by atomic mass is 10.1. The Morgan fingerprint density at radius 1 is 1.12 bits per heavy atom. The molecule has 0 aliphatic heterocycles. The quantitative estimate of drug-likeness (QED) is 0.668. The van der Waals surface area contributed by atoms with Crippen LogP contribution in [0.1, 0.15) is 48.9 Å². The van der Waals surface area contributed by atoms with Crippen molar-refractivity contribution in [2.24, 2.45) is 0 Å². The van der Waals surface area contributed by atoms with Crippen LogP contribution >= 0.6 is 22.7 Å². The summed E-state index contributed by atoms with van der Waals surface area (Å²) in [4.78, 5) is 35.4. The normalized spacial score (nSPS) is 11.0. The zero-order valence-corrected chi connectivity index (χ0v) is 16.9. The zero-order valence-electron chi connectivity index (χ0n) is 15.2. The Bertz CT molecular complexity index is 1020. The van der Waals surface area contributed by atoms with Crippen LogP contribution in [0.5, 0.6) is 0 Å². The SMILES string of the molecule is CCOC(=O)c1sc(NC(=O)c2sc3nc(C)nc(C)c3c2C)cc1C. The summed E-state index contributed by atoms with van der Waals surface area (Å²) in [5, 5.41) is 4.43.